The molecule has 1 N–H and O–H groups in total. The molecule has 0 bridgehead atoms. The van der Waals surface area contributed by atoms with Crippen molar-refractivity contribution in [2.24, 2.45) is 16.2 Å². The quantitative estimate of drug-likeness (QED) is 0.744. The first-order chi connectivity index (χ1) is 6.98. The second kappa shape index (κ2) is 5.05. The van der Waals surface area contributed by atoms with Gasteiger partial charge in [0.05, 0.1) is 0 Å². The molecule has 0 rings (SSSR count). The fourth-order valence-corrected chi connectivity index (χ4v) is 2.26. The van der Waals surface area contributed by atoms with Gasteiger partial charge in [0.2, 0.25) is 0 Å². The third kappa shape index (κ3) is 2.98. The predicted octanol–water partition coefficient (Wildman–Crippen LogP) is 3.83. The molecule has 0 saturated carbocycles. The van der Waals surface area contributed by atoms with Gasteiger partial charge >= 0.3 is 0 Å². The summed E-state index contributed by atoms with van der Waals surface area (Å²) in [7, 11) is 0. The molecule has 0 aliphatic rings. The van der Waals surface area contributed by atoms with E-state index in [1.165, 1.54) is 0 Å². The molecule has 0 aliphatic carbocycles. The zero-order valence-corrected chi connectivity index (χ0v) is 12.3. The van der Waals surface area contributed by atoms with Crippen molar-refractivity contribution in [1.82, 2.24) is 0 Å². The van der Waals surface area contributed by atoms with Crippen LogP contribution in [0.1, 0.15) is 61.8 Å². The number of hydrogen-bond acceptors (Lipinski definition) is 2. The van der Waals surface area contributed by atoms with E-state index in [0.29, 0.717) is 6.61 Å². The normalized spacial score (nSPS) is 16.3. The van der Waals surface area contributed by atoms with Crippen LogP contribution in [-0.2, 0) is 4.74 Å². The lowest BCUT2D eigenvalue weighted by Gasteiger charge is -2.53. The highest BCUT2D eigenvalue weighted by Gasteiger charge is 2.52. The molecule has 0 aromatic heterocycles. The van der Waals surface area contributed by atoms with Crippen LogP contribution in [-0.4, -0.2) is 18.0 Å². The molecule has 0 spiro atoms. The molecule has 0 amide bonds. The van der Waals surface area contributed by atoms with Gasteiger partial charge in [-0.05, 0) is 17.3 Å². The van der Waals surface area contributed by atoms with E-state index in [1.54, 1.807) is 0 Å². The summed E-state index contributed by atoms with van der Waals surface area (Å²) in [5.74, 6) is 0. The maximum Gasteiger partial charge on any atom is 0.160 e. The molecule has 0 radical (unpaired) electrons. The highest BCUT2D eigenvalue weighted by atomic mass is 16.6. The number of rotatable bonds is 4. The maximum atomic E-state index is 10.3. The van der Waals surface area contributed by atoms with Crippen molar-refractivity contribution in [2.75, 3.05) is 6.61 Å². The van der Waals surface area contributed by atoms with Gasteiger partial charge in [-0.25, -0.2) is 0 Å². The summed E-state index contributed by atoms with van der Waals surface area (Å²) in [4.78, 5) is 0. The van der Waals surface area contributed by atoms with Crippen molar-refractivity contribution in [3.05, 3.63) is 0 Å². The lowest BCUT2D eigenvalue weighted by Crippen LogP contribution is -2.53. The Bertz CT molecular complexity index is 194. The molecule has 16 heavy (non-hydrogen) atoms. The molecule has 2 heteroatoms. The maximum absolute atomic E-state index is 10.3. The van der Waals surface area contributed by atoms with E-state index in [9.17, 15) is 5.11 Å². The summed E-state index contributed by atoms with van der Waals surface area (Å²) in [6.07, 6.45) is 0.217. The zero-order valence-electron chi connectivity index (χ0n) is 12.3. The van der Waals surface area contributed by atoms with Gasteiger partial charge in [-0.15, -0.1) is 0 Å². The molecule has 0 aliphatic heterocycles. The van der Waals surface area contributed by atoms with Gasteiger partial charge in [0.15, 0.2) is 6.29 Å². The highest BCUT2D eigenvalue weighted by Crippen LogP contribution is 2.53. The first-order valence-electron chi connectivity index (χ1n) is 6.28. The van der Waals surface area contributed by atoms with E-state index in [1.807, 2.05) is 0 Å². The zero-order chi connectivity index (χ0) is 13.2. The minimum atomic E-state index is -0.715. The molecular weight excluding hydrogens is 200 g/mol. The van der Waals surface area contributed by atoms with Gasteiger partial charge in [0, 0.05) is 12.0 Å². The van der Waals surface area contributed by atoms with Crippen molar-refractivity contribution in [3.63, 3.8) is 0 Å². The van der Waals surface area contributed by atoms with E-state index in [2.05, 4.69) is 55.4 Å². The predicted molar refractivity (Wildman–Crippen MR) is 69.3 cm³/mol. The van der Waals surface area contributed by atoms with E-state index in [0.717, 1.165) is 6.42 Å². The van der Waals surface area contributed by atoms with Gasteiger partial charge in [-0.1, -0.05) is 55.4 Å². The van der Waals surface area contributed by atoms with Crippen molar-refractivity contribution in [3.8, 4) is 0 Å². The molecule has 2 nitrogen and oxygen atoms in total. The van der Waals surface area contributed by atoms with Crippen LogP contribution in [0.3, 0.4) is 0 Å². The third-order valence-electron chi connectivity index (χ3n) is 4.09. The standard InChI is InChI=1S/C14H30O2/c1-9-10-16-11(15)14(8,12(2,3)4)13(5,6)7/h11,15H,9-10H2,1-8H3. The van der Waals surface area contributed by atoms with E-state index in [4.69, 9.17) is 4.74 Å². The Hall–Kier alpha value is -0.0800. The topological polar surface area (TPSA) is 29.5 Å². The number of ether oxygens (including phenoxy) is 1. The summed E-state index contributed by atoms with van der Waals surface area (Å²) in [6, 6.07) is 0. The van der Waals surface area contributed by atoms with Gasteiger partial charge < -0.3 is 9.84 Å². The van der Waals surface area contributed by atoms with E-state index in [-0.39, 0.29) is 16.2 Å². The summed E-state index contributed by atoms with van der Waals surface area (Å²) in [6.45, 7) is 17.8. The van der Waals surface area contributed by atoms with Crippen LogP contribution in [0.2, 0.25) is 0 Å². The molecule has 1 unspecified atom stereocenters. The first kappa shape index (κ1) is 15.9. The average molecular weight is 230 g/mol. The minimum Gasteiger partial charge on any atom is -0.367 e. The Morgan fingerprint density at radius 2 is 1.31 bits per heavy atom. The highest BCUT2D eigenvalue weighted by molar-refractivity contribution is 4.97. The van der Waals surface area contributed by atoms with E-state index >= 15 is 0 Å². The second-order valence-electron chi connectivity index (χ2n) is 6.93. The Morgan fingerprint density at radius 1 is 0.938 bits per heavy atom. The Labute approximate surface area is 101 Å². The number of aliphatic hydroxyl groups excluding tert-OH is 1. The molecule has 0 fully saturated rings. The van der Waals surface area contributed by atoms with Crippen molar-refractivity contribution < 1.29 is 9.84 Å². The van der Waals surface area contributed by atoms with Crippen molar-refractivity contribution >= 4 is 0 Å². The molecule has 0 heterocycles. The molecule has 98 valence electrons. The fourth-order valence-electron chi connectivity index (χ4n) is 2.26. The van der Waals surface area contributed by atoms with Crippen LogP contribution in [0.25, 0.3) is 0 Å². The van der Waals surface area contributed by atoms with Crippen LogP contribution in [0.4, 0.5) is 0 Å². The summed E-state index contributed by atoms with van der Waals surface area (Å²) in [5, 5.41) is 10.3. The molecule has 1 atom stereocenters. The third-order valence-corrected chi connectivity index (χ3v) is 4.09. The van der Waals surface area contributed by atoms with Crippen LogP contribution in [0.15, 0.2) is 0 Å². The van der Waals surface area contributed by atoms with Crippen molar-refractivity contribution in [1.29, 1.82) is 0 Å². The SMILES string of the molecule is CCCOC(O)C(C)(C(C)(C)C)C(C)(C)C. The van der Waals surface area contributed by atoms with Crippen molar-refractivity contribution in [2.45, 2.75) is 68.1 Å². The largest absolute Gasteiger partial charge is 0.367 e. The smallest absolute Gasteiger partial charge is 0.160 e. The molecular formula is C14H30O2. The van der Waals surface area contributed by atoms with E-state index < -0.39 is 6.29 Å². The van der Waals surface area contributed by atoms with Crippen LogP contribution in [0.5, 0.6) is 0 Å². The number of aliphatic hydroxyl groups is 1. The molecule has 0 saturated heterocycles. The molecule has 0 aromatic rings. The summed E-state index contributed by atoms with van der Waals surface area (Å²) >= 11 is 0. The van der Waals surface area contributed by atoms with Crippen LogP contribution in [0, 0.1) is 16.2 Å². The lowest BCUT2D eigenvalue weighted by atomic mass is 9.54. The monoisotopic (exact) mass is 230 g/mol. The summed E-state index contributed by atoms with van der Waals surface area (Å²) in [5.41, 5.74) is -0.314. The van der Waals surface area contributed by atoms with Gasteiger partial charge in [0.1, 0.15) is 0 Å². The Kier molecular flexibility index (Phi) is 5.03. The first-order valence-corrected chi connectivity index (χ1v) is 6.28. The van der Waals surface area contributed by atoms with Gasteiger partial charge in [-0.3, -0.25) is 0 Å². The fraction of sp³-hybridized carbons (Fsp3) is 1.00. The minimum absolute atomic E-state index is 0.0155. The molecule has 0 aromatic carbocycles. The second-order valence-corrected chi connectivity index (χ2v) is 6.93. The van der Waals surface area contributed by atoms with Gasteiger partial charge in [0.25, 0.3) is 0 Å². The Balaban J connectivity index is 5.10. The lowest BCUT2D eigenvalue weighted by molar-refractivity contribution is -0.238. The average Bonchev–Trinajstić information content (AvgIpc) is 2.08. The summed E-state index contributed by atoms with van der Waals surface area (Å²) < 4.78 is 5.56. The van der Waals surface area contributed by atoms with Crippen LogP contribution < -0.4 is 0 Å². The van der Waals surface area contributed by atoms with Crippen LogP contribution >= 0.6 is 0 Å². The van der Waals surface area contributed by atoms with Gasteiger partial charge in [-0.2, -0.15) is 0 Å². The Morgan fingerprint density at radius 3 is 1.56 bits per heavy atom. The number of hydrogen-bond donors (Lipinski definition) is 1.